The van der Waals surface area contributed by atoms with E-state index in [4.69, 9.17) is 4.74 Å². The number of nitrogens with one attached hydrogen (secondary N) is 1. The van der Waals surface area contributed by atoms with Gasteiger partial charge in [-0.25, -0.2) is 4.39 Å². The van der Waals surface area contributed by atoms with Crippen LogP contribution in [0.1, 0.15) is 29.8 Å². The number of fused-ring (bicyclic) bond motifs is 1. The molecule has 1 amide bonds. The predicted octanol–water partition coefficient (Wildman–Crippen LogP) is 3.12. The van der Waals surface area contributed by atoms with Crippen LogP contribution >= 0.6 is 0 Å². The van der Waals surface area contributed by atoms with Crippen LogP contribution in [0.2, 0.25) is 0 Å². The van der Waals surface area contributed by atoms with Gasteiger partial charge in [0.15, 0.2) is 12.3 Å². The Morgan fingerprint density at radius 1 is 1.19 bits per heavy atom. The molecule has 3 rings (SSSR count). The van der Waals surface area contributed by atoms with Gasteiger partial charge in [-0.15, -0.1) is 0 Å². The lowest BCUT2D eigenvalue weighted by molar-refractivity contribution is -0.142. The molecule has 0 fully saturated rings. The first-order chi connectivity index (χ1) is 12.8. The second-order valence-electron chi connectivity index (χ2n) is 6.29. The van der Waals surface area contributed by atoms with Crippen molar-refractivity contribution in [2.75, 3.05) is 13.2 Å². The highest BCUT2D eigenvalue weighted by Gasteiger charge is 2.39. The molecule has 0 saturated carbocycles. The van der Waals surface area contributed by atoms with E-state index < -0.39 is 23.6 Å². The third kappa shape index (κ3) is 4.78. The smallest absolute Gasteiger partial charge is 0.435 e. The van der Waals surface area contributed by atoms with Gasteiger partial charge in [-0.05, 0) is 49.9 Å². The maximum absolute atomic E-state index is 13.1. The van der Waals surface area contributed by atoms with E-state index >= 15 is 0 Å². The lowest BCUT2D eigenvalue weighted by atomic mass is 9.95. The number of ether oxygens (including phenoxy) is 1. The predicted molar refractivity (Wildman–Crippen MR) is 88.8 cm³/mol. The monoisotopic (exact) mass is 385 g/mol. The minimum Gasteiger partial charge on any atom is -0.484 e. The number of hydrogen-bond acceptors (Lipinski definition) is 3. The molecule has 1 heterocycles. The second kappa shape index (κ2) is 7.98. The first kappa shape index (κ1) is 19.2. The molecule has 0 saturated heterocycles. The van der Waals surface area contributed by atoms with Gasteiger partial charge in [-0.3, -0.25) is 9.48 Å². The molecule has 0 bridgehead atoms. The maximum Gasteiger partial charge on any atom is 0.435 e. The summed E-state index contributed by atoms with van der Waals surface area (Å²) < 4.78 is 58.8. The third-order valence-corrected chi connectivity index (χ3v) is 4.35. The van der Waals surface area contributed by atoms with Crippen molar-refractivity contribution < 1.29 is 27.1 Å². The van der Waals surface area contributed by atoms with Crippen molar-refractivity contribution in [1.29, 1.82) is 0 Å². The highest BCUT2D eigenvalue weighted by atomic mass is 19.4. The van der Waals surface area contributed by atoms with Crippen molar-refractivity contribution in [3.05, 3.63) is 47.0 Å². The van der Waals surface area contributed by atoms with Gasteiger partial charge in [0.25, 0.3) is 5.91 Å². The van der Waals surface area contributed by atoms with Crippen molar-refractivity contribution in [2.24, 2.45) is 0 Å². The van der Waals surface area contributed by atoms with Gasteiger partial charge in [0, 0.05) is 17.8 Å². The molecule has 0 radical (unpaired) electrons. The van der Waals surface area contributed by atoms with Crippen molar-refractivity contribution in [2.45, 2.75) is 38.4 Å². The Morgan fingerprint density at radius 2 is 1.89 bits per heavy atom. The van der Waals surface area contributed by atoms with Gasteiger partial charge in [0.2, 0.25) is 0 Å². The molecular weight excluding hydrogens is 366 g/mol. The minimum absolute atomic E-state index is 0.136. The van der Waals surface area contributed by atoms with Gasteiger partial charge in [0.1, 0.15) is 11.6 Å². The largest absolute Gasteiger partial charge is 0.484 e. The first-order valence-electron chi connectivity index (χ1n) is 8.65. The molecule has 1 N–H and O–H groups in total. The van der Waals surface area contributed by atoms with Gasteiger partial charge >= 0.3 is 6.18 Å². The molecule has 27 heavy (non-hydrogen) atoms. The average molecular weight is 385 g/mol. The summed E-state index contributed by atoms with van der Waals surface area (Å²) in [4.78, 5) is 11.8. The van der Waals surface area contributed by atoms with Crippen LogP contribution in [0.25, 0.3) is 0 Å². The van der Waals surface area contributed by atoms with Crippen molar-refractivity contribution in [3.8, 4) is 5.75 Å². The summed E-state index contributed by atoms with van der Waals surface area (Å²) in [6, 6.07) is 5.23. The quantitative estimate of drug-likeness (QED) is 0.778. The normalized spacial score (nSPS) is 13.9. The molecule has 1 aliphatic rings. The molecule has 0 atom stereocenters. The maximum atomic E-state index is 13.1. The summed E-state index contributed by atoms with van der Waals surface area (Å²) in [7, 11) is 0. The molecule has 0 spiro atoms. The van der Waals surface area contributed by atoms with E-state index in [1.165, 1.54) is 28.9 Å². The van der Waals surface area contributed by atoms with E-state index in [9.17, 15) is 22.4 Å². The van der Waals surface area contributed by atoms with Crippen LogP contribution in [0.4, 0.5) is 17.6 Å². The van der Waals surface area contributed by atoms with E-state index in [2.05, 4.69) is 10.4 Å². The zero-order valence-corrected chi connectivity index (χ0v) is 14.5. The van der Waals surface area contributed by atoms with Crippen molar-refractivity contribution in [1.82, 2.24) is 15.1 Å². The molecule has 146 valence electrons. The number of halogens is 4. The van der Waals surface area contributed by atoms with E-state index in [1.807, 2.05) is 0 Å². The summed E-state index contributed by atoms with van der Waals surface area (Å²) in [5.74, 6) is -0.480. The Kier molecular flexibility index (Phi) is 5.67. The van der Waals surface area contributed by atoms with Crippen LogP contribution in [0, 0.1) is 5.82 Å². The van der Waals surface area contributed by atoms with E-state index in [0.717, 1.165) is 12.8 Å². The minimum atomic E-state index is -4.47. The molecule has 0 unspecified atom stereocenters. The second-order valence-corrected chi connectivity index (χ2v) is 6.29. The lowest BCUT2D eigenvalue weighted by Gasteiger charge is -2.15. The van der Waals surface area contributed by atoms with Crippen LogP contribution in [0.3, 0.4) is 0 Å². The topological polar surface area (TPSA) is 56.1 Å². The number of amides is 1. The van der Waals surface area contributed by atoms with E-state index in [0.29, 0.717) is 24.3 Å². The molecular formula is C18H19F4N3O2. The van der Waals surface area contributed by atoms with E-state index in [-0.39, 0.29) is 25.3 Å². The number of carbonyl (C=O) groups excluding carboxylic acids is 1. The SMILES string of the molecule is O=C(COc1ccc(F)cc1)NCCn1nc(C(F)(F)F)c2c1CCCC2. The third-order valence-electron chi connectivity index (χ3n) is 4.35. The zero-order valence-electron chi connectivity index (χ0n) is 14.5. The fourth-order valence-electron chi connectivity index (χ4n) is 3.12. The Labute approximate surface area is 153 Å². The number of nitrogens with zero attached hydrogens (tertiary/aromatic N) is 2. The van der Waals surface area contributed by atoms with Crippen LogP contribution < -0.4 is 10.1 Å². The Balaban J connectivity index is 1.53. The number of rotatable bonds is 6. The molecule has 2 aromatic rings. The van der Waals surface area contributed by atoms with Gasteiger partial charge in [-0.2, -0.15) is 18.3 Å². The van der Waals surface area contributed by atoms with Gasteiger partial charge < -0.3 is 10.1 Å². The number of hydrogen-bond donors (Lipinski definition) is 1. The van der Waals surface area contributed by atoms with Gasteiger partial charge in [0.05, 0.1) is 6.54 Å². The average Bonchev–Trinajstić information content (AvgIpc) is 3.01. The summed E-state index contributed by atoms with van der Waals surface area (Å²) in [6.45, 7) is 0.0222. The molecule has 0 aliphatic heterocycles. The van der Waals surface area contributed by atoms with Crippen LogP contribution in [-0.4, -0.2) is 28.8 Å². The Hall–Kier alpha value is -2.58. The standard InChI is InChI=1S/C18H19F4N3O2/c19-12-5-7-13(8-6-12)27-11-16(26)23-9-10-25-15-4-2-1-3-14(15)17(24-25)18(20,21)22/h5-8H,1-4,9-11H2,(H,23,26). The van der Waals surface area contributed by atoms with Crippen LogP contribution in [-0.2, 0) is 30.4 Å². The van der Waals surface area contributed by atoms with Crippen molar-refractivity contribution >= 4 is 5.91 Å². The van der Waals surface area contributed by atoms with Crippen LogP contribution in [0.5, 0.6) is 5.75 Å². The summed E-state index contributed by atoms with van der Waals surface area (Å²) in [5.41, 5.74) is 0.0632. The Morgan fingerprint density at radius 3 is 2.59 bits per heavy atom. The number of benzene rings is 1. The molecule has 1 aromatic carbocycles. The Bertz CT molecular complexity index is 800. The molecule has 1 aliphatic carbocycles. The summed E-state index contributed by atoms with van der Waals surface area (Å²) in [5, 5.41) is 6.32. The molecule has 9 heteroatoms. The fourth-order valence-corrected chi connectivity index (χ4v) is 3.12. The highest BCUT2D eigenvalue weighted by molar-refractivity contribution is 5.77. The fraction of sp³-hybridized carbons (Fsp3) is 0.444. The number of aromatic nitrogens is 2. The van der Waals surface area contributed by atoms with Crippen molar-refractivity contribution in [3.63, 3.8) is 0 Å². The first-order valence-corrected chi connectivity index (χ1v) is 8.65. The lowest BCUT2D eigenvalue weighted by Crippen LogP contribution is -2.32. The summed E-state index contributed by atoms with van der Waals surface area (Å²) >= 11 is 0. The molecule has 1 aromatic heterocycles. The van der Waals surface area contributed by atoms with Crippen LogP contribution in [0.15, 0.2) is 24.3 Å². The van der Waals surface area contributed by atoms with Gasteiger partial charge in [-0.1, -0.05) is 0 Å². The zero-order chi connectivity index (χ0) is 19.4. The van der Waals surface area contributed by atoms with E-state index in [1.54, 1.807) is 0 Å². The summed E-state index contributed by atoms with van der Waals surface area (Å²) in [6.07, 6.45) is -1.99. The molecule has 5 nitrogen and oxygen atoms in total. The number of alkyl halides is 3. The highest BCUT2D eigenvalue weighted by Crippen LogP contribution is 2.35. The number of carbonyl (C=O) groups is 1.